The Bertz CT molecular complexity index is 1130. The van der Waals surface area contributed by atoms with Crippen molar-refractivity contribution in [2.24, 2.45) is 0 Å². The minimum absolute atomic E-state index is 0.0580. The molecule has 3 rings (SSSR count). The zero-order valence-electron chi connectivity index (χ0n) is 19.2. The standard InChI is InChI=1S/C26H31N3O3S/c1-3-16-29(20-23-6-5-15-27-18-23)19-22-7-11-24(12-8-22)28-26(30)17-21-9-13-25(14-10-21)33(31,32)4-2/h5-15,18H,3-4,16-17,19-20H2,1-2H3,(H,28,30). The van der Waals surface area contributed by atoms with E-state index in [4.69, 9.17) is 0 Å². The van der Waals surface area contributed by atoms with Gasteiger partial charge in [-0.05, 0) is 60.0 Å². The average molecular weight is 466 g/mol. The number of hydrogen-bond acceptors (Lipinski definition) is 5. The van der Waals surface area contributed by atoms with Crippen molar-refractivity contribution in [3.63, 3.8) is 0 Å². The van der Waals surface area contributed by atoms with E-state index in [1.165, 1.54) is 11.1 Å². The third-order valence-electron chi connectivity index (χ3n) is 5.34. The molecule has 1 heterocycles. The minimum Gasteiger partial charge on any atom is -0.326 e. The Morgan fingerprint density at radius 3 is 2.18 bits per heavy atom. The molecule has 2 aromatic carbocycles. The van der Waals surface area contributed by atoms with E-state index in [0.29, 0.717) is 0 Å². The van der Waals surface area contributed by atoms with Gasteiger partial charge in [-0.2, -0.15) is 0 Å². The van der Waals surface area contributed by atoms with Gasteiger partial charge < -0.3 is 5.32 Å². The zero-order valence-corrected chi connectivity index (χ0v) is 20.0. The van der Waals surface area contributed by atoms with Crippen molar-refractivity contribution in [3.05, 3.63) is 89.7 Å². The van der Waals surface area contributed by atoms with Crippen LogP contribution in [0.3, 0.4) is 0 Å². The molecule has 0 aliphatic rings. The van der Waals surface area contributed by atoms with Crippen molar-refractivity contribution in [2.45, 2.75) is 44.7 Å². The van der Waals surface area contributed by atoms with Gasteiger partial charge in [-0.1, -0.05) is 44.2 Å². The molecule has 0 saturated carbocycles. The van der Waals surface area contributed by atoms with Gasteiger partial charge in [0.25, 0.3) is 0 Å². The topological polar surface area (TPSA) is 79.4 Å². The molecule has 6 nitrogen and oxygen atoms in total. The van der Waals surface area contributed by atoms with Crippen molar-refractivity contribution in [3.8, 4) is 0 Å². The zero-order chi connectivity index (χ0) is 23.7. The number of pyridine rings is 1. The largest absolute Gasteiger partial charge is 0.326 e. The van der Waals surface area contributed by atoms with Gasteiger partial charge in [0.2, 0.25) is 5.91 Å². The van der Waals surface area contributed by atoms with Crippen molar-refractivity contribution in [1.29, 1.82) is 0 Å². The van der Waals surface area contributed by atoms with E-state index in [0.717, 1.165) is 37.3 Å². The van der Waals surface area contributed by atoms with E-state index in [2.05, 4.69) is 28.2 Å². The molecule has 0 saturated heterocycles. The highest BCUT2D eigenvalue weighted by Crippen LogP contribution is 2.16. The summed E-state index contributed by atoms with van der Waals surface area (Å²) in [5.74, 6) is -0.0827. The van der Waals surface area contributed by atoms with Crippen LogP contribution in [-0.2, 0) is 34.1 Å². The van der Waals surface area contributed by atoms with Gasteiger partial charge in [-0.15, -0.1) is 0 Å². The lowest BCUT2D eigenvalue weighted by molar-refractivity contribution is -0.115. The Kier molecular flexibility index (Phi) is 8.74. The van der Waals surface area contributed by atoms with Crippen molar-refractivity contribution < 1.29 is 13.2 Å². The van der Waals surface area contributed by atoms with Crippen LogP contribution >= 0.6 is 0 Å². The lowest BCUT2D eigenvalue weighted by Gasteiger charge is -2.22. The van der Waals surface area contributed by atoms with Crippen LogP contribution in [-0.4, -0.2) is 36.5 Å². The number of nitrogens with zero attached hydrogens (tertiary/aromatic N) is 2. The Hall–Kier alpha value is -3.03. The molecule has 0 spiro atoms. The molecule has 0 aliphatic heterocycles. The summed E-state index contributed by atoms with van der Waals surface area (Å²) in [6, 6.07) is 18.4. The summed E-state index contributed by atoms with van der Waals surface area (Å²) in [5, 5.41) is 2.91. The maximum absolute atomic E-state index is 12.4. The van der Waals surface area contributed by atoms with Crippen molar-refractivity contribution in [2.75, 3.05) is 17.6 Å². The first-order valence-corrected chi connectivity index (χ1v) is 12.9. The summed E-state index contributed by atoms with van der Waals surface area (Å²) >= 11 is 0. The molecule has 0 aliphatic carbocycles. The molecule has 1 aromatic heterocycles. The van der Waals surface area contributed by atoms with E-state index in [9.17, 15) is 13.2 Å². The predicted molar refractivity (Wildman–Crippen MR) is 132 cm³/mol. The van der Waals surface area contributed by atoms with Gasteiger partial charge >= 0.3 is 0 Å². The molecule has 0 bridgehead atoms. The highest BCUT2D eigenvalue weighted by molar-refractivity contribution is 7.91. The molecule has 0 atom stereocenters. The maximum Gasteiger partial charge on any atom is 0.228 e. The SMILES string of the molecule is CCCN(Cc1ccc(NC(=O)Cc2ccc(S(=O)(=O)CC)cc2)cc1)Cc1cccnc1. The van der Waals surface area contributed by atoms with Gasteiger partial charge in [0, 0.05) is 31.2 Å². The number of rotatable bonds is 11. The van der Waals surface area contributed by atoms with Crippen molar-refractivity contribution >= 4 is 21.4 Å². The van der Waals surface area contributed by atoms with Crippen LogP contribution in [0.2, 0.25) is 0 Å². The van der Waals surface area contributed by atoms with Gasteiger partial charge in [0.05, 0.1) is 17.1 Å². The molecule has 1 amide bonds. The number of amides is 1. The number of benzene rings is 2. The Morgan fingerprint density at radius 2 is 1.58 bits per heavy atom. The number of anilines is 1. The van der Waals surface area contributed by atoms with Gasteiger partial charge in [0.15, 0.2) is 9.84 Å². The van der Waals surface area contributed by atoms with Crippen LogP contribution in [0.1, 0.15) is 37.0 Å². The lowest BCUT2D eigenvalue weighted by Crippen LogP contribution is -2.23. The first-order valence-electron chi connectivity index (χ1n) is 11.2. The molecule has 0 fully saturated rings. The van der Waals surface area contributed by atoms with E-state index < -0.39 is 9.84 Å². The fourth-order valence-electron chi connectivity index (χ4n) is 3.60. The second kappa shape index (κ2) is 11.7. The Labute approximate surface area is 196 Å². The summed E-state index contributed by atoms with van der Waals surface area (Å²) in [7, 11) is -3.23. The van der Waals surface area contributed by atoms with Crippen LogP contribution in [0.25, 0.3) is 0 Å². The third kappa shape index (κ3) is 7.51. The van der Waals surface area contributed by atoms with Crippen LogP contribution < -0.4 is 5.32 Å². The fourth-order valence-corrected chi connectivity index (χ4v) is 4.49. The van der Waals surface area contributed by atoms with Gasteiger partial charge in [-0.3, -0.25) is 14.7 Å². The van der Waals surface area contributed by atoms with Crippen LogP contribution in [0.15, 0.2) is 78.0 Å². The van der Waals surface area contributed by atoms with Gasteiger partial charge in [-0.25, -0.2) is 8.42 Å². The maximum atomic E-state index is 12.4. The monoisotopic (exact) mass is 465 g/mol. The predicted octanol–water partition coefficient (Wildman–Crippen LogP) is 4.47. The van der Waals surface area contributed by atoms with Crippen LogP contribution in [0, 0.1) is 0 Å². The number of carbonyl (C=O) groups excluding carboxylic acids is 1. The molecular formula is C26H31N3O3S. The second-order valence-corrected chi connectivity index (χ2v) is 10.3. The summed E-state index contributed by atoms with van der Waals surface area (Å²) in [6.45, 7) is 6.45. The Morgan fingerprint density at radius 1 is 0.909 bits per heavy atom. The summed E-state index contributed by atoms with van der Waals surface area (Å²) in [6.07, 6.45) is 4.94. The van der Waals surface area contributed by atoms with Crippen LogP contribution in [0.5, 0.6) is 0 Å². The number of nitrogens with one attached hydrogen (secondary N) is 1. The average Bonchev–Trinajstić information content (AvgIpc) is 2.81. The first-order chi connectivity index (χ1) is 15.9. The highest BCUT2D eigenvalue weighted by Gasteiger charge is 2.12. The molecular weight excluding hydrogens is 434 g/mol. The number of aromatic nitrogens is 1. The van der Waals surface area contributed by atoms with E-state index in [1.807, 2.05) is 36.5 Å². The summed E-state index contributed by atoms with van der Waals surface area (Å²) < 4.78 is 23.8. The van der Waals surface area contributed by atoms with Crippen molar-refractivity contribution in [1.82, 2.24) is 9.88 Å². The number of hydrogen-bond donors (Lipinski definition) is 1. The third-order valence-corrected chi connectivity index (χ3v) is 7.09. The minimum atomic E-state index is -3.23. The molecule has 3 aromatic rings. The fraction of sp³-hybridized carbons (Fsp3) is 0.308. The molecule has 0 radical (unpaired) electrons. The normalized spacial score (nSPS) is 11.5. The van der Waals surface area contributed by atoms with E-state index >= 15 is 0 Å². The Balaban J connectivity index is 1.55. The van der Waals surface area contributed by atoms with E-state index in [1.54, 1.807) is 37.4 Å². The number of carbonyl (C=O) groups is 1. The molecule has 1 N–H and O–H groups in total. The first kappa shape index (κ1) is 24.6. The van der Waals surface area contributed by atoms with Crippen LogP contribution in [0.4, 0.5) is 5.69 Å². The quantitative estimate of drug-likeness (QED) is 0.452. The molecule has 7 heteroatoms. The summed E-state index contributed by atoms with van der Waals surface area (Å²) in [4.78, 5) is 19.3. The second-order valence-electron chi connectivity index (χ2n) is 8.04. The highest BCUT2D eigenvalue weighted by atomic mass is 32.2. The summed E-state index contributed by atoms with van der Waals surface area (Å²) in [5.41, 5.74) is 3.88. The van der Waals surface area contributed by atoms with Gasteiger partial charge in [0.1, 0.15) is 0 Å². The molecule has 0 unspecified atom stereocenters. The lowest BCUT2D eigenvalue weighted by atomic mass is 10.1. The molecule has 33 heavy (non-hydrogen) atoms. The smallest absolute Gasteiger partial charge is 0.228 e. The number of sulfone groups is 1. The molecule has 174 valence electrons. The van der Waals surface area contributed by atoms with E-state index in [-0.39, 0.29) is 23.0 Å².